The highest BCUT2D eigenvalue weighted by molar-refractivity contribution is 7.98. The Morgan fingerprint density at radius 3 is 2.78 bits per heavy atom. The van der Waals surface area contributed by atoms with Gasteiger partial charge in [0.15, 0.2) is 5.16 Å². The molecule has 3 rings (SSSR count). The van der Waals surface area contributed by atoms with Crippen LogP contribution in [0.15, 0.2) is 17.6 Å². The second kappa shape index (κ2) is 4.41. The minimum Gasteiger partial charge on any atom is -0.369 e. The van der Waals surface area contributed by atoms with Crippen LogP contribution in [0.2, 0.25) is 0 Å². The number of aromatic nitrogens is 4. The van der Waals surface area contributed by atoms with Gasteiger partial charge in [0.05, 0.1) is 5.69 Å². The van der Waals surface area contributed by atoms with E-state index in [-0.39, 0.29) is 5.95 Å². The van der Waals surface area contributed by atoms with E-state index in [2.05, 4.69) is 25.3 Å². The summed E-state index contributed by atoms with van der Waals surface area (Å²) in [6, 6.07) is 0. The summed E-state index contributed by atoms with van der Waals surface area (Å²) in [6.07, 6.45) is 6.28. The molecular formula is C11H12N6S. The Hall–Kier alpha value is -1.89. The number of thioether (sulfide) groups is 1. The lowest BCUT2D eigenvalue weighted by atomic mass is 10.1. The Labute approximate surface area is 108 Å². The summed E-state index contributed by atoms with van der Waals surface area (Å²) in [5.74, 6) is 1.19. The van der Waals surface area contributed by atoms with E-state index in [0.29, 0.717) is 0 Å². The van der Waals surface area contributed by atoms with Gasteiger partial charge in [0.2, 0.25) is 5.95 Å². The molecular weight excluding hydrogens is 248 g/mol. The Morgan fingerprint density at radius 2 is 2.06 bits per heavy atom. The standard InChI is InChI=1S/C11H12N6S/c1-18-11-16-8(6-4-14-10(12)15-5-6)7-2-3-13-9(7)17-11/h4-5H,2-3H2,1H3,(H2,12,14,15)(H,13,16,17). The van der Waals surface area contributed by atoms with Gasteiger partial charge in [-0.1, -0.05) is 11.8 Å². The minimum atomic E-state index is 0.271. The van der Waals surface area contributed by atoms with Gasteiger partial charge in [-0.05, 0) is 12.7 Å². The second-order valence-electron chi connectivity index (χ2n) is 3.89. The predicted molar refractivity (Wildman–Crippen MR) is 71.4 cm³/mol. The molecule has 92 valence electrons. The molecule has 6 nitrogen and oxygen atoms in total. The molecule has 1 aliphatic heterocycles. The van der Waals surface area contributed by atoms with Crippen molar-refractivity contribution in [3.8, 4) is 11.3 Å². The van der Waals surface area contributed by atoms with Crippen molar-refractivity contribution < 1.29 is 0 Å². The third kappa shape index (κ3) is 1.86. The molecule has 0 aromatic carbocycles. The van der Waals surface area contributed by atoms with Gasteiger partial charge in [0.25, 0.3) is 0 Å². The molecule has 3 heterocycles. The molecule has 0 unspecified atom stereocenters. The number of nitrogens with two attached hydrogens (primary N) is 1. The predicted octanol–water partition coefficient (Wildman–Crippen LogP) is 1.21. The number of rotatable bonds is 2. The zero-order chi connectivity index (χ0) is 12.5. The fourth-order valence-electron chi connectivity index (χ4n) is 1.94. The largest absolute Gasteiger partial charge is 0.369 e. The van der Waals surface area contributed by atoms with Gasteiger partial charge in [-0.15, -0.1) is 0 Å². The molecule has 0 aliphatic carbocycles. The van der Waals surface area contributed by atoms with Gasteiger partial charge in [0.1, 0.15) is 5.82 Å². The SMILES string of the molecule is CSc1nc2c(c(-c3cnc(N)nc3)n1)CCN2. The highest BCUT2D eigenvalue weighted by atomic mass is 32.2. The van der Waals surface area contributed by atoms with Crippen molar-refractivity contribution in [1.82, 2.24) is 19.9 Å². The third-order valence-corrected chi connectivity index (χ3v) is 3.33. The molecule has 0 amide bonds. The first-order valence-corrected chi connectivity index (χ1v) is 6.77. The summed E-state index contributed by atoms with van der Waals surface area (Å²) >= 11 is 1.52. The van der Waals surface area contributed by atoms with E-state index in [9.17, 15) is 0 Å². The van der Waals surface area contributed by atoms with Crippen molar-refractivity contribution in [3.05, 3.63) is 18.0 Å². The topological polar surface area (TPSA) is 89.6 Å². The van der Waals surface area contributed by atoms with Crippen molar-refractivity contribution in [2.24, 2.45) is 0 Å². The smallest absolute Gasteiger partial charge is 0.219 e. The Bertz CT molecular complexity index is 583. The molecule has 18 heavy (non-hydrogen) atoms. The molecule has 1 aliphatic rings. The molecule has 3 N–H and O–H groups in total. The molecule has 0 spiro atoms. The summed E-state index contributed by atoms with van der Waals surface area (Å²) in [7, 11) is 0. The van der Waals surface area contributed by atoms with Crippen molar-refractivity contribution in [3.63, 3.8) is 0 Å². The van der Waals surface area contributed by atoms with E-state index >= 15 is 0 Å². The summed E-state index contributed by atoms with van der Waals surface area (Å²) in [5, 5.41) is 4.01. The summed E-state index contributed by atoms with van der Waals surface area (Å²) in [6.45, 7) is 0.894. The van der Waals surface area contributed by atoms with Crippen LogP contribution in [0.5, 0.6) is 0 Å². The third-order valence-electron chi connectivity index (χ3n) is 2.78. The Kier molecular flexibility index (Phi) is 2.75. The molecule has 0 radical (unpaired) electrons. The number of hydrogen-bond donors (Lipinski definition) is 2. The number of nitrogens with one attached hydrogen (secondary N) is 1. The highest BCUT2D eigenvalue weighted by Gasteiger charge is 2.20. The van der Waals surface area contributed by atoms with Gasteiger partial charge in [0, 0.05) is 30.1 Å². The van der Waals surface area contributed by atoms with Crippen LogP contribution >= 0.6 is 11.8 Å². The molecule has 0 atom stereocenters. The number of fused-ring (bicyclic) bond motifs is 1. The van der Waals surface area contributed by atoms with Gasteiger partial charge in [-0.25, -0.2) is 19.9 Å². The van der Waals surface area contributed by atoms with Crippen LogP contribution in [0, 0.1) is 0 Å². The molecule has 0 bridgehead atoms. The van der Waals surface area contributed by atoms with Gasteiger partial charge >= 0.3 is 0 Å². The minimum absolute atomic E-state index is 0.271. The van der Waals surface area contributed by atoms with E-state index < -0.39 is 0 Å². The van der Waals surface area contributed by atoms with Crippen molar-refractivity contribution >= 4 is 23.5 Å². The van der Waals surface area contributed by atoms with Crippen LogP contribution in [-0.2, 0) is 6.42 Å². The number of nitrogens with zero attached hydrogens (tertiary/aromatic N) is 4. The van der Waals surface area contributed by atoms with E-state index in [1.165, 1.54) is 11.8 Å². The lowest BCUT2D eigenvalue weighted by Crippen LogP contribution is -1.99. The Balaban J connectivity index is 2.16. The van der Waals surface area contributed by atoms with Gasteiger partial charge in [-0.3, -0.25) is 0 Å². The maximum Gasteiger partial charge on any atom is 0.219 e. The first kappa shape index (κ1) is 11.2. The fraction of sp³-hybridized carbons (Fsp3) is 0.273. The monoisotopic (exact) mass is 260 g/mol. The van der Waals surface area contributed by atoms with Crippen LogP contribution in [-0.4, -0.2) is 32.7 Å². The summed E-state index contributed by atoms with van der Waals surface area (Å²) < 4.78 is 0. The summed E-state index contributed by atoms with van der Waals surface area (Å²) in [4.78, 5) is 17.0. The average molecular weight is 260 g/mol. The van der Waals surface area contributed by atoms with Gasteiger partial charge < -0.3 is 11.1 Å². The quantitative estimate of drug-likeness (QED) is 0.619. The van der Waals surface area contributed by atoms with Crippen LogP contribution in [0.25, 0.3) is 11.3 Å². The lowest BCUT2D eigenvalue weighted by molar-refractivity contribution is 0.968. The number of anilines is 2. The maximum absolute atomic E-state index is 5.50. The van der Waals surface area contributed by atoms with Crippen LogP contribution in [0.1, 0.15) is 5.56 Å². The van der Waals surface area contributed by atoms with Crippen LogP contribution in [0.3, 0.4) is 0 Å². The zero-order valence-corrected chi connectivity index (χ0v) is 10.7. The summed E-state index contributed by atoms with van der Waals surface area (Å²) in [5.41, 5.74) is 8.40. The normalized spacial score (nSPS) is 13.2. The van der Waals surface area contributed by atoms with E-state index in [1.807, 2.05) is 6.26 Å². The number of nitrogen functional groups attached to an aromatic ring is 1. The molecule has 0 saturated heterocycles. The van der Waals surface area contributed by atoms with Gasteiger partial charge in [-0.2, -0.15) is 0 Å². The molecule has 2 aromatic rings. The molecule has 7 heteroatoms. The first-order chi connectivity index (χ1) is 8.78. The van der Waals surface area contributed by atoms with Crippen LogP contribution < -0.4 is 11.1 Å². The van der Waals surface area contributed by atoms with Crippen molar-refractivity contribution in [1.29, 1.82) is 0 Å². The van der Waals surface area contributed by atoms with E-state index in [4.69, 9.17) is 5.73 Å². The van der Waals surface area contributed by atoms with Crippen molar-refractivity contribution in [2.45, 2.75) is 11.6 Å². The lowest BCUT2D eigenvalue weighted by Gasteiger charge is -2.08. The van der Waals surface area contributed by atoms with E-state index in [0.717, 1.165) is 40.8 Å². The molecule has 0 saturated carbocycles. The highest BCUT2D eigenvalue weighted by Crippen LogP contribution is 2.31. The Morgan fingerprint density at radius 1 is 1.28 bits per heavy atom. The van der Waals surface area contributed by atoms with E-state index in [1.54, 1.807) is 12.4 Å². The average Bonchev–Trinajstić information content (AvgIpc) is 2.86. The molecule has 2 aromatic heterocycles. The maximum atomic E-state index is 5.50. The van der Waals surface area contributed by atoms with Crippen molar-refractivity contribution in [2.75, 3.05) is 23.9 Å². The zero-order valence-electron chi connectivity index (χ0n) is 9.84. The molecule has 0 fully saturated rings. The fourth-order valence-corrected chi connectivity index (χ4v) is 2.31. The number of hydrogen-bond acceptors (Lipinski definition) is 7. The van der Waals surface area contributed by atoms with Crippen LogP contribution in [0.4, 0.5) is 11.8 Å². The second-order valence-corrected chi connectivity index (χ2v) is 4.67. The first-order valence-electron chi connectivity index (χ1n) is 5.54.